The maximum Gasteiger partial charge on any atom is 0.0553 e. The molecule has 94 valence electrons. The fourth-order valence-corrected chi connectivity index (χ4v) is 2.61. The first-order valence-electron chi connectivity index (χ1n) is 6.47. The average molecular weight is 233 g/mol. The molecule has 0 bridgehead atoms. The summed E-state index contributed by atoms with van der Waals surface area (Å²) in [5.74, 6) is 0.792. The number of hydrogen-bond donors (Lipinski definition) is 0. The van der Waals surface area contributed by atoms with Crippen LogP contribution in [0.15, 0.2) is 18.3 Å². The van der Waals surface area contributed by atoms with Gasteiger partial charge in [-0.1, -0.05) is 0 Å². The largest absolute Gasteiger partial charge is 0.370 e. The van der Waals surface area contributed by atoms with Gasteiger partial charge in [-0.3, -0.25) is 4.98 Å². The number of anilines is 1. The Hall–Kier alpha value is -1.09. The highest BCUT2D eigenvalue weighted by Crippen LogP contribution is 2.22. The van der Waals surface area contributed by atoms with Crippen molar-refractivity contribution in [2.24, 2.45) is 5.92 Å². The molecule has 1 aromatic rings. The van der Waals surface area contributed by atoms with Crippen LogP contribution in [0.2, 0.25) is 0 Å². The van der Waals surface area contributed by atoms with E-state index in [1.54, 1.807) is 0 Å². The summed E-state index contributed by atoms with van der Waals surface area (Å²) in [5, 5.41) is 0. The highest BCUT2D eigenvalue weighted by atomic mass is 15.2. The lowest BCUT2D eigenvalue weighted by Gasteiger charge is -2.35. The second-order valence-electron chi connectivity index (χ2n) is 5.37. The second kappa shape index (κ2) is 5.50. The molecule has 1 aromatic heterocycles. The van der Waals surface area contributed by atoms with E-state index in [-0.39, 0.29) is 0 Å². The van der Waals surface area contributed by atoms with Gasteiger partial charge in [0.15, 0.2) is 0 Å². The van der Waals surface area contributed by atoms with Crippen LogP contribution in [0, 0.1) is 12.8 Å². The molecule has 1 unspecified atom stereocenters. The van der Waals surface area contributed by atoms with Gasteiger partial charge in [-0.15, -0.1) is 0 Å². The summed E-state index contributed by atoms with van der Waals surface area (Å²) in [6, 6.07) is 4.30. The smallest absolute Gasteiger partial charge is 0.0553 e. The molecule has 0 N–H and O–H groups in total. The van der Waals surface area contributed by atoms with Crippen molar-refractivity contribution in [3.63, 3.8) is 0 Å². The van der Waals surface area contributed by atoms with Gasteiger partial charge in [0.25, 0.3) is 0 Å². The summed E-state index contributed by atoms with van der Waals surface area (Å²) in [7, 11) is 4.32. The van der Waals surface area contributed by atoms with Crippen molar-refractivity contribution in [3.05, 3.63) is 24.0 Å². The predicted octanol–water partition coefficient (Wildman–Crippen LogP) is 2.17. The Morgan fingerprint density at radius 2 is 2.24 bits per heavy atom. The topological polar surface area (TPSA) is 19.4 Å². The second-order valence-corrected chi connectivity index (χ2v) is 5.37. The molecule has 17 heavy (non-hydrogen) atoms. The monoisotopic (exact) mass is 233 g/mol. The van der Waals surface area contributed by atoms with E-state index in [1.807, 2.05) is 13.1 Å². The van der Waals surface area contributed by atoms with E-state index in [2.05, 4.69) is 41.0 Å². The van der Waals surface area contributed by atoms with Crippen molar-refractivity contribution in [1.29, 1.82) is 0 Å². The van der Waals surface area contributed by atoms with Gasteiger partial charge in [-0.05, 0) is 51.9 Å². The molecule has 0 spiro atoms. The average Bonchev–Trinajstić information content (AvgIpc) is 2.29. The van der Waals surface area contributed by atoms with Gasteiger partial charge >= 0.3 is 0 Å². The fourth-order valence-electron chi connectivity index (χ4n) is 2.61. The first-order valence-corrected chi connectivity index (χ1v) is 6.47. The van der Waals surface area contributed by atoms with E-state index in [9.17, 15) is 0 Å². The molecule has 0 saturated carbocycles. The number of aromatic nitrogens is 1. The molecule has 3 nitrogen and oxygen atoms in total. The van der Waals surface area contributed by atoms with Gasteiger partial charge < -0.3 is 9.80 Å². The third kappa shape index (κ3) is 3.43. The minimum atomic E-state index is 0.792. The van der Waals surface area contributed by atoms with Gasteiger partial charge in [0.2, 0.25) is 0 Å². The fraction of sp³-hybridized carbons (Fsp3) is 0.643. The van der Waals surface area contributed by atoms with E-state index in [0.29, 0.717) is 0 Å². The summed E-state index contributed by atoms with van der Waals surface area (Å²) in [6.45, 7) is 5.57. The van der Waals surface area contributed by atoms with Crippen LogP contribution in [0.5, 0.6) is 0 Å². The van der Waals surface area contributed by atoms with Crippen molar-refractivity contribution in [1.82, 2.24) is 9.88 Å². The minimum absolute atomic E-state index is 0.792. The molecule has 0 amide bonds. The number of nitrogens with zero attached hydrogens (tertiary/aromatic N) is 3. The van der Waals surface area contributed by atoms with E-state index < -0.39 is 0 Å². The van der Waals surface area contributed by atoms with E-state index in [4.69, 9.17) is 0 Å². The highest BCUT2D eigenvalue weighted by Gasteiger charge is 2.20. The number of pyridine rings is 1. The third-order valence-electron chi connectivity index (χ3n) is 3.40. The molecule has 1 saturated heterocycles. The summed E-state index contributed by atoms with van der Waals surface area (Å²) < 4.78 is 0. The Morgan fingerprint density at radius 1 is 1.41 bits per heavy atom. The highest BCUT2D eigenvalue weighted by molar-refractivity contribution is 5.44. The maximum absolute atomic E-state index is 4.39. The lowest BCUT2D eigenvalue weighted by Crippen LogP contribution is -2.39. The Morgan fingerprint density at radius 3 is 2.88 bits per heavy atom. The Kier molecular flexibility index (Phi) is 4.00. The minimum Gasteiger partial charge on any atom is -0.370 e. The normalized spacial score (nSPS) is 20.9. The predicted molar refractivity (Wildman–Crippen MR) is 72.5 cm³/mol. The lowest BCUT2D eigenvalue weighted by molar-refractivity contribution is 0.292. The zero-order chi connectivity index (χ0) is 12.3. The summed E-state index contributed by atoms with van der Waals surface area (Å²) in [5.41, 5.74) is 2.37. The van der Waals surface area contributed by atoms with Gasteiger partial charge in [0, 0.05) is 25.3 Å². The van der Waals surface area contributed by atoms with Crippen molar-refractivity contribution in [2.75, 3.05) is 38.6 Å². The van der Waals surface area contributed by atoms with Gasteiger partial charge in [0.05, 0.1) is 11.9 Å². The van der Waals surface area contributed by atoms with Crippen molar-refractivity contribution >= 4 is 5.69 Å². The van der Waals surface area contributed by atoms with Crippen molar-refractivity contribution in [2.45, 2.75) is 19.8 Å². The number of hydrogen-bond acceptors (Lipinski definition) is 3. The standard InChI is InChI=1S/C14H23N3/c1-12-6-7-14(9-15-12)17-8-4-5-13(11-17)10-16(2)3/h6-7,9,13H,4-5,8,10-11H2,1-3H3. The van der Waals surface area contributed by atoms with Crippen LogP contribution in [0.1, 0.15) is 18.5 Å². The van der Waals surface area contributed by atoms with Crippen LogP contribution >= 0.6 is 0 Å². The molecule has 1 atom stereocenters. The molecule has 3 heteroatoms. The van der Waals surface area contributed by atoms with E-state index in [0.717, 1.165) is 11.6 Å². The quantitative estimate of drug-likeness (QED) is 0.797. The third-order valence-corrected chi connectivity index (χ3v) is 3.40. The van der Waals surface area contributed by atoms with Crippen LogP contribution in [-0.4, -0.2) is 43.6 Å². The zero-order valence-electron chi connectivity index (χ0n) is 11.2. The van der Waals surface area contributed by atoms with Gasteiger partial charge in [0.1, 0.15) is 0 Å². The molecular formula is C14H23N3. The molecule has 1 fully saturated rings. The lowest BCUT2D eigenvalue weighted by atomic mass is 9.97. The van der Waals surface area contributed by atoms with Crippen LogP contribution in [-0.2, 0) is 0 Å². The first-order chi connectivity index (χ1) is 8.15. The van der Waals surface area contributed by atoms with Gasteiger partial charge in [-0.25, -0.2) is 0 Å². The molecule has 2 heterocycles. The van der Waals surface area contributed by atoms with E-state index in [1.165, 1.54) is 38.2 Å². The molecule has 2 rings (SSSR count). The van der Waals surface area contributed by atoms with Crippen molar-refractivity contribution < 1.29 is 0 Å². The molecule has 0 aromatic carbocycles. The van der Waals surface area contributed by atoms with Crippen LogP contribution in [0.4, 0.5) is 5.69 Å². The Balaban J connectivity index is 1.99. The number of rotatable bonds is 3. The SMILES string of the molecule is Cc1ccc(N2CCCC(CN(C)C)C2)cn1. The zero-order valence-corrected chi connectivity index (χ0v) is 11.2. The van der Waals surface area contributed by atoms with Crippen LogP contribution in [0.25, 0.3) is 0 Å². The Labute approximate surface area is 104 Å². The van der Waals surface area contributed by atoms with Crippen LogP contribution < -0.4 is 4.90 Å². The summed E-state index contributed by atoms with van der Waals surface area (Å²) in [6.07, 6.45) is 4.66. The summed E-state index contributed by atoms with van der Waals surface area (Å²) in [4.78, 5) is 9.16. The Bertz CT molecular complexity index is 345. The first kappa shape index (κ1) is 12.4. The summed E-state index contributed by atoms with van der Waals surface area (Å²) >= 11 is 0. The van der Waals surface area contributed by atoms with Crippen LogP contribution in [0.3, 0.4) is 0 Å². The molecule has 1 aliphatic heterocycles. The molecule has 0 aliphatic carbocycles. The molecule has 0 radical (unpaired) electrons. The number of aryl methyl sites for hydroxylation is 1. The van der Waals surface area contributed by atoms with Gasteiger partial charge in [-0.2, -0.15) is 0 Å². The maximum atomic E-state index is 4.39. The number of piperidine rings is 1. The van der Waals surface area contributed by atoms with E-state index >= 15 is 0 Å². The molecular weight excluding hydrogens is 210 g/mol. The molecule has 1 aliphatic rings. The van der Waals surface area contributed by atoms with Crippen molar-refractivity contribution in [3.8, 4) is 0 Å².